The third-order valence-electron chi connectivity index (χ3n) is 3.34. The molecule has 1 N–H and O–H groups in total. The minimum absolute atomic E-state index is 0.203. The van der Waals surface area contributed by atoms with Crippen LogP contribution in [0.15, 0.2) is 17.0 Å². The number of hydrogen-bond donors (Lipinski definition) is 1. The predicted molar refractivity (Wildman–Crippen MR) is 88.8 cm³/mol. The van der Waals surface area contributed by atoms with Gasteiger partial charge in [-0.05, 0) is 18.3 Å². The van der Waals surface area contributed by atoms with Crippen molar-refractivity contribution < 1.29 is 4.79 Å². The Balaban J connectivity index is 1.80. The first-order valence-electron chi connectivity index (χ1n) is 7.17. The maximum absolute atomic E-state index is 12.3. The number of piperidine rings is 1. The monoisotopic (exact) mass is 326 g/mol. The molecule has 1 aliphatic rings. The first kappa shape index (κ1) is 16.3. The van der Waals surface area contributed by atoms with E-state index in [4.69, 9.17) is 0 Å². The van der Waals surface area contributed by atoms with Crippen molar-refractivity contribution in [1.29, 1.82) is 0 Å². The number of carbonyl (C=O) groups is 1. The Morgan fingerprint density at radius 2 is 2.19 bits per heavy atom. The zero-order chi connectivity index (χ0) is 15.2. The molecule has 0 aliphatic carbocycles. The van der Waals surface area contributed by atoms with E-state index in [1.165, 1.54) is 29.5 Å². The van der Waals surface area contributed by atoms with Crippen LogP contribution >= 0.6 is 23.1 Å². The van der Waals surface area contributed by atoms with Crippen LogP contribution in [0.4, 0.5) is 5.13 Å². The fourth-order valence-electron chi connectivity index (χ4n) is 2.58. The Hall–Kier alpha value is -1.08. The van der Waals surface area contributed by atoms with Gasteiger partial charge in [0.15, 0.2) is 4.34 Å². The molecule has 1 fully saturated rings. The smallest absolute Gasteiger partial charge is 0.233 e. The second-order valence-corrected chi connectivity index (χ2v) is 7.78. The van der Waals surface area contributed by atoms with Gasteiger partial charge in [-0.3, -0.25) is 4.79 Å². The normalized spacial score (nSPS) is 22.1. The lowest BCUT2D eigenvalue weighted by Gasteiger charge is -2.34. The molecule has 1 amide bonds. The van der Waals surface area contributed by atoms with E-state index in [1.807, 2.05) is 4.90 Å². The van der Waals surface area contributed by atoms with Crippen molar-refractivity contribution in [3.63, 3.8) is 0 Å². The Kier molecular flexibility index (Phi) is 6.05. The summed E-state index contributed by atoms with van der Waals surface area (Å²) in [4.78, 5) is 14.3. The number of nitrogens with one attached hydrogen (secondary N) is 1. The van der Waals surface area contributed by atoms with Crippen molar-refractivity contribution in [2.24, 2.45) is 11.8 Å². The van der Waals surface area contributed by atoms with E-state index < -0.39 is 0 Å². The molecule has 0 spiro atoms. The molecule has 1 aromatic heterocycles. The van der Waals surface area contributed by atoms with Gasteiger partial charge in [0.1, 0.15) is 0 Å². The number of likely N-dealkylation sites (tertiary alicyclic amines) is 1. The number of carbonyl (C=O) groups excluding carboxylic acids is 1. The molecule has 0 saturated carbocycles. The van der Waals surface area contributed by atoms with Gasteiger partial charge in [-0.25, -0.2) is 0 Å². The van der Waals surface area contributed by atoms with Crippen molar-refractivity contribution in [3.8, 4) is 0 Å². The van der Waals surface area contributed by atoms with Crippen molar-refractivity contribution in [2.75, 3.05) is 30.7 Å². The Labute approximate surface area is 134 Å². The third kappa shape index (κ3) is 5.00. The molecular weight excluding hydrogens is 304 g/mol. The van der Waals surface area contributed by atoms with Crippen LogP contribution < -0.4 is 5.32 Å². The molecule has 1 aliphatic heterocycles. The Morgan fingerprint density at radius 1 is 1.48 bits per heavy atom. The van der Waals surface area contributed by atoms with E-state index in [9.17, 15) is 4.79 Å². The average molecular weight is 326 g/mol. The standard InChI is InChI=1S/C14H22N4OS2/c1-4-5-15-13-16-17-14(21-13)20-9-12(19)18-7-10(2)6-11(3)8-18/h4,10-11H,1,5-9H2,2-3H3,(H,15,16). The number of anilines is 1. The fourth-order valence-corrected chi connectivity index (χ4v) is 4.24. The largest absolute Gasteiger partial charge is 0.357 e. The van der Waals surface area contributed by atoms with Crippen LogP contribution in [-0.2, 0) is 4.79 Å². The summed E-state index contributed by atoms with van der Waals surface area (Å²) in [5, 5.41) is 12.0. The molecule has 21 heavy (non-hydrogen) atoms. The van der Waals surface area contributed by atoms with Gasteiger partial charge in [0.25, 0.3) is 0 Å². The summed E-state index contributed by atoms with van der Waals surface area (Å²) in [6.45, 7) is 10.5. The highest BCUT2D eigenvalue weighted by atomic mass is 32.2. The maximum atomic E-state index is 12.3. The summed E-state index contributed by atoms with van der Waals surface area (Å²) >= 11 is 2.94. The number of nitrogens with zero attached hydrogens (tertiary/aromatic N) is 3. The molecule has 116 valence electrons. The molecular formula is C14H22N4OS2. The molecule has 1 saturated heterocycles. The van der Waals surface area contributed by atoms with Crippen LogP contribution in [0, 0.1) is 11.8 Å². The van der Waals surface area contributed by atoms with Crippen LogP contribution in [0.5, 0.6) is 0 Å². The van der Waals surface area contributed by atoms with Crippen molar-refractivity contribution in [3.05, 3.63) is 12.7 Å². The summed E-state index contributed by atoms with van der Waals surface area (Å²) in [5.41, 5.74) is 0. The van der Waals surface area contributed by atoms with E-state index in [-0.39, 0.29) is 5.91 Å². The molecule has 2 unspecified atom stereocenters. The van der Waals surface area contributed by atoms with Gasteiger partial charge in [0.2, 0.25) is 11.0 Å². The molecule has 2 atom stereocenters. The van der Waals surface area contributed by atoms with Crippen LogP contribution in [-0.4, -0.2) is 46.4 Å². The van der Waals surface area contributed by atoms with E-state index >= 15 is 0 Å². The summed E-state index contributed by atoms with van der Waals surface area (Å²) in [7, 11) is 0. The van der Waals surface area contributed by atoms with Crippen LogP contribution in [0.3, 0.4) is 0 Å². The first-order valence-corrected chi connectivity index (χ1v) is 8.97. The van der Waals surface area contributed by atoms with Gasteiger partial charge in [-0.2, -0.15) is 0 Å². The first-order chi connectivity index (χ1) is 10.1. The van der Waals surface area contributed by atoms with Gasteiger partial charge < -0.3 is 10.2 Å². The lowest BCUT2D eigenvalue weighted by atomic mass is 9.92. The number of hydrogen-bond acceptors (Lipinski definition) is 6. The number of aromatic nitrogens is 2. The quantitative estimate of drug-likeness (QED) is 0.643. The molecule has 0 aromatic carbocycles. The number of thioether (sulfide) groups is 1. The van der Waals surface area contributed by atoms with Crippen LogP contribution in [0.25, 0.3) is 0 Å². The van der Waals surface area contributed by atoms with Crippen LogP contribution in [0.1, 0.15) is 20.3 Å². The van der Waals surface area contributed by atoms with Gasteiger partial charge in [-0.1, -0.05) is 43.0 Å². The molecule has 2 heterocycles. The van der Waals surface area contributed by atoms with Crippen LogP contribution in [0.2, 0.25) is 0 Å². The average Bonchev–Trinajstić information content (AvgIpc) is 2.89. The van der Waals surface area contributed by atoms with E-state index in [2.05, 4.69) is 35.9 Å². The minimum Gasteiger partial charge on any atom is -0.357 e. The molecule has 5 nitrogen and oxygen atoms in total. The van der Waals surface area contributed by atoms with Gasteiger partial charge in [-0.15, -0.1) is 16.8 Å². The minimum atomic E-state index is 0.203. The SMILES string of the molecule is C=CCNc1nnc(SCC(=O)N2CC(C)CC(C)C2)s1. The summed E-state index contributed by atoms with van der Waals surface area (Å²) in [6, 6.07) is 0. The lowest BCUT2D eigenvalue weighted by Crippen LogP contribution is -2.43. The molecule has 1 aromatic rings. The van der Waals surface area contributed by atoms with Crippen molar-refractivity contribution >= 4 is 34.1 Å². The van der Waals surface area contributed by atoms with Crippen molar-refractivity contribution in [1.82, 2.24) is 15.1 Å². The Morgan fingerprint density at radius 3 is 2.86 bits per heavy atom. The molecule has 2 rings (SSSR count). The van der Waals surface area contributed by atoms with Gasteiger partial charge in [0, 0.05) is 19.6 Å². The highest BCUT2D eigenvalue weighted by Gasteiger charge is 2.25. The molecule has 0 bridgehead atoms. The third-order valence-corrected chi connectivity index (χ3v) is 5.34. The maximum Gasteiger partial charge on any atom is 0.233 e. The zero-order valence-corrected chi connectivity index (χ0v) is 14.2. The highest BCUT2D eigenvalue weighted by molar-refractivity contribution is 8.01. The van der Waals surface area contributed by atoms with Gasteiger partial charge in [0.05, 0.1) is 5.75 Å². The lowest BCUT2D eigenvalue weighted by molar-refractivity contribution is -0.130. The Bertz CT molecular complexity index is 481. The fraction of sp³-hybridized carbons (Fsp3) is 0.643. The second-order valence-electron chi connectivity index (χ2n) is 5.58. The topological polar surface area (TPSA) is 58.1 Å². The van der Waals surface area contributed by atoms with Gasteiger partial charge >= 0.3 is 0 Å². The van der Waals surface area contributed by atoms with E-state index in [1.54, 1.807) is 6.08 Å². The zero-order valence-electron chi connectivity index (χ0n) is 12.5. The van der Waals surface area contributed by atoms with E-state index in [0.29, 0.717) is 24.1 Å². The van der Waals surface area contributed by atoms with Crippen molar-refractivity contribution in [2.45, 2.75) is 24.6 Å². The summed E-state index contributed by atoms with van der Waals surface area (Å²) < 4.78 is 0.827. The highest BCUT2D eigenvalue weighted by Crippen LogP contribution is 2.27. The number of amides is 1. The summed E-state index contributed by atoms with van der Waals surface area (Å²) in [5.74, 6) is 1.84. The number of rotatable bonds is 6. The molecule has 7 heteroatoms. The van der Waals surface area contributed by atoms with E-state index in [0.717, 1.165) is 22.6 Å². The second kappa shape index (κ2) is 7.79. The predicted octanol–water partition coefficient (Wildman–Crippen LogP) is 2.73. The summed E-state index contributed by atoms with van der Waals surface area (Å²) in [6.07, 6.45) is 2.99. The molecule has 0 radical (unpaired) electrons.